The Balaban J connectivity index is 1.48. The molecule has 1 aromatic carbocycles. The number of hydrogen-bond acceptors (Lipinski definition) is 3. The maximum Gasteiger partial charge on any atom is 0.317 e. The minimum atomic E-state index is -0.334. The van der Waals surface area contributed by atoms with Gasteiger partial charge in [0.25, 0.3) is 0 Å². The first-order valence-electron chi connectivity index (χ1n) is 7.98. The zero-order valence-electron chi connectivity index (χ0n) is 13.2. The highest BCUT2D eigenvalue weighted by Crippen LogP contribution is 2.20. The molecule has 0 radical (unpaired) electrons. The van der Waals surface area contributed by atoms with Crippen LogP contribution in [0.1, 0.15) is 23.7 Å². The van der Waals surface area contributed by atoms with Crippen LogP contribution in [0.3, 0.4) is 0 Å². The SMILES string of the molecule is C[C@@H](CC(=O)N1CC(N2CCNC2=O)C1)C(=O)c1ccccc1. The van der Waals surface area contributed by atoms with E-state index in [-0.39, 0.29) is 36.1 Å². The largest absolute Gasteiger partial charge is 0.338 e. The van der Waals surface area contributed by atoms with Gasteiger partial charge in [0.2, 0.25) is 5.91 Å². The first-order valence-corrected chi connectivity index (χ1v) is 7.98. The molecule has 122 valence electrons. The molecule has 2 heterocycles. The van der Waals surface area contributed by atoms with Crippen LogP contribution in [0, 0.1) is 5.92 Å². The molecule has 0 aliphatic carbocycles. The summed E-state index contributed by atoms with van der Waals surface area (Å²) in [6.07, 6.45) is 0.215. The van der Waals surface area contributed by atoms with Crippen molar-refractivity contribution in [3.05, 3.63) is 35.9 Å². The topological polar surface area (TPSA) is 69.7 Å². The zero-order chi connectivity index (χ0) is 16.4. The van der Waals surface area contributed by atoms with Crippen LogP contribution in [-0.2, 0) is 4.79 Å². The van der Waals surface area contributed by atoms with E-state index in [2.05, 4.69) is 5.32 Å². The second kappa shape index (κ2) is 6.40. The summed E-state index contributed by atoms with van der Waals surface area (Å²) < 4.78 is 0. The van der Waals surface area contributed by atoms with Crippen molar-refractivity contribution in [2.45, 2.75) is 19.4 Å². The van der Waals surface area contributed by atoms with Crippen molar-refractivity contribution in [1.82, 2.24) is 15.1 Å². The summed E-state index contributed by atoms with van der Waals surface area (Å²) in [5, 5.41) is 2.77. The lowest BCUT2D eigenvalue weighted by atomic mass is 9.95. The number of Topliss-reactive ketones (excluding diaryl/α,β-unsaturated/α-hetero) is 1. The molecule has 1 aromatic rings. The summed E-state index contributed by atoms with van der Waals surface area (Å²) in [4.78, 5) is 39.6. The van der Waals surface area contributed by atoms with E-state index in [1.165, 1.54) is 0 Å². The fourth-order valence-electron chi connectivity index (χ4n) is 3.06. The number of nitrogens with zero attached hydrogens (tertiary/aromatic N) is 2. The van der Waals surface area contributed by atoms with Crippen molar-refractivity contribution in [3.8, 4) is 0 Å². The Bertz CT molecular complexity index is 611. The summed E-state index contributed by atoms with van der Waals surface area (Å²) in [5.74, 6) is -0.355. The number of amides is 3. The lowest BCUT2D eigenvalue weighted by Crippen LogP contribution is -2.61. The second-order valence-corrected chi connectivity index (χ2v) is 6.21. The molecule has 2 saturated heterocycles. The summed E-state index contributed by atoms with van der Waals surface area (Å²) in [5.41, 5.74) is 0.642. The average molecular weight is 315 g/mol. The number of carbonyl (C=O) groups excluding carboxylic acids is 3. The number of nitrogens with one attached hydrogen (secondary N) is 1. The van der Waals surface area contributed by atoms with Crippen molar-refractivity contribution >= 4 is 17.7 Å². The minimum absolute atomic E-state index is 0.00468. The summed E-state index contributed by atoms with van der Waals surface area (Å²) >= 11 is 0. The number of hydrogen-bond donors (Lipinski definition) is 1. The van der Waals surface area contributed by atoms with Gasteiger partial charge in [0.05, 0.1) is 6.04 Å². The maximum atomic E-state index is 12.3. The summed E-state index contributed by atoms with van der Waals surface area (Å²) in [6, 6.07) is 9.12. The minimum Gasteiger partial charge on any atom is -0.338 e. The van der Waals surface area contributed by atoms with Crippen LogP contribution in [0.2, 0.25) is 0 Å². The quantitative estimate of drug-likeness (QED) is 0.828. The predicted molar refractivity (Wildman–Crippen MR) is 85.0 cm³/mol. The number of benzene rings is 1. The number of carbonyl (C=O) groups is 3. The molecule has 2 fully saturated rings. The first-order chi connectivity index (χ1) is 11.1. The molecule has 2 aliphatic rings. The second-order valence-electron chi connectivity index (χ2n) is 6.21. The van der Waals surface area contributed by atoms with Gasteiger partial charge < -0.3 is 15.1 Å². The Morgan fingerprint density at radius 2 is 1.96 bits per heavy atom. The molecular weight excluding hydrogens is 294 g/mol. The Labute approximate surface area is 135 Å². The number of urea groups is 1. The van der Waals surface area contributed by atoms with E-state index in [1.807, 2.05) is 18.2 Å². The van der Waals surface area contributed by atoms with E-state index in [4.69, 9.17) is 0 Å². The van der Waals surface area contributed by atoms with Gasteiger partial charge in [0, 0.05) is 44.1 Å². The third kappa shape index (κ3) is 3.21. The van der Waals surface area contributed by atoms with Crippen LogP contribution in [0.25, 0.3) is 0 Å². The highest BCUT2D eigenvalue weighted by molar-refractivity contribution is 5.99. The van der Waals surface area contributed by atoms with Crippen molar-refractivity contribution < 1.29 is 14.4 Å². The van der Waals surface area contributed by atoms with Gasteiger partial charge in [-0.2, -0.15) is 0 Å². The highest BCUT2D eigenvalue weighted by Gasteiger charge is 2.39. The Kier molecular flexibility index (Phi) is 4.32. The van der Waals surface area contributed by atoms with E-state index in [9.17, 15) is 14.4 Å². The maximum absolute atomic E-state index is 12.3. The van der Waals surface area contributed by atoms with E-state index >= 15 is 0 Å². The molecule has 6 heteroatoms. The van der Waals surface area contributed by atoms with E-state index in [0.717, 1.165) is 0 Å². The van der Waals surface area contributed by atoms with E-state index in [1.54, 1.807) is 28.9 Å². The van der Waals surface area contributed by atoms with Gasteiger partial charge in [-0.25, -0.2) is 4.79 Å². The molecule has 23 heavy (non-hydrogen) atoms. The molecule has 3 amide bonds. The Morgan fingerprint density at radius 1 is 1.26 bits per heavy atom. The standard InChI is InChI=1S/C17H21N3O3/c1-12(16(22)13-5-3-2-4-6-13)9-15(21)19-10-14(11-19)20-8-7-18-17(20)23/h2-6,12,14H,7-11H2,1H3,(H,18,23)/t12-/m0/s1. The third-order valence-corrected chi connectivity index (χ3v) is 4.53. The molecule has 1 N–H and O–H groups in total. The monoisotopic (exact) mass is 315 g/mol. The van der Waals surface area contributed by atoms with E-state index < -0.39 is 0 Å². The van der Waals surface area contributed by atoms with Crippen LogP contribution in [0.15, 0.2) is 30.3 Å². The molecule has 1 atom stereocenters. The predicted octanol–water partition coefficient (Wildman–Crippen LogP) is 1.13. The smallest absolute Gasteiger partial charge is 0.317 e. The zero-order valence-corrected chi connectivity index (χ0v) is 13.2. The van der Waals surface area contributed by atoms with Crippen LogP contribution in [0.5, 0.6) is 0 Å². The van der Waals surface area contributed by atoms with Crippen LogP contribution < -0.4 is 5.32 Å². The van der Waals surface area contributed by atoms with Gasteiger partial charge in [0.15, 0.2) is 5.78 Å². The molecule has 0 saturated carbocycles. The molecule has 6 nitrogen and oxygen atoms in total. The van der Waals surface area contributed by atoms with Crippen molar-refractivity contribution in [1.29, 1.82) is 0 Å². The van der Waals surface area contributed by atoms with Gasteiger partial charge >= 0.3 is 6.03 Å². The Morgan fingerprint density at radius 3 is 2.57 bits per heavy atom. The van der Waals surface area contributed by atoms with Crippen LogP contribution in [0.4, 0.5) is 4.79 Å². The lowest BCUT2D eigenvalue weighted by molar-refractivity contribution is -0.138. The fraction of sp³-hybridized carbons (Fsp3) is 0.471. The summed E-state index contributed by atoms with van der Waals surface area (Å²) in [6.45, 7) is 4.30. The van der Waals surface area contributed by atoms with Crippen LogP contribution >= 0.6 is 0 Å². The molecular formula is C17H21N3O3. The highest BCUT2D eigenvalue weighted by atomic mass is 16.2. The molecule has 3 rings (SSSR count). The fourth-order valence-corrected chi connectivity index (χ4v) is 3.06. The lowest BCUT2D eigenvalue weighted by Gasteiger charge is -2.43. The average Bonchev–Trinajstić information content (AvgIpc) is 2.92. The van der Waals surface area contributed by atoms with Gasteiger partial charge in [-0.05, 0) is 0 Å². The first kappa shape index (κ1) is 15.5. The molecule has 0 unspecified atom stereocenters. The van der Waals surface area contributed by atoms with Crippen molar-refractivity contribution in [2.75, 3.05) is 26.2 Å². The molecule has 0 aromatic heterocycles. The Hall–Kier alpha value is -2.37. The van der Waals surface area contributed by atoms with Crippen molar-refractivity contribution in [3.63, 3.8) is 0 Å². The van der Waals surface area contributed by atoms with E-state index in [0.29, 0.717) is 31.7 Å². The summed E-state index contributed by atoms with van der Waals surface area (Å²) in [7, 11) is 0. The normalized spacial score (nSPS) is 19.3. The number of ketones is 1. The van der Waals surface area contributed by atoms with Gasteiger partial charge in [-0.15, -0.1) is 0 Å². The molecule has 2 aliphatic heterocycles. The molecule has 0 bridgehead atoms. The number of likely N-dealkylation sites (tertiary alicyclic amines) is 1. The van der Waals surface area contributed by atoms with Crippen molar-refractivity contribution in [2.24, 2.45) is 5.92 Å². The van der Waals surface area contributed by atoms with Gasteiger partial charge in [-0.1, -0.05) is 37.3 Å². The number of rotatable bonds is 5. The molecule has 0 spiro atoms. The third-order valence-electron chi connectivity index (χ3n) is 4.53. The van der Waals surface area contributed by atoms with Crippen LogP contribution in [-0.4, -0.2) is 59.7 Å². The van der Waals surface area contributed by atoms with Gasteiger partial charge in [0.1, 0.15) is 0 Å². The van der Waals surface area contributed by atoms with Gasteiger partial charge in [-0.3, -0.25) is 9.59 Å².